The van der Waals surface area contributed by atoms with Crippen molar-refractivity contribution in [1.29, 1.82) is 0 Å². The number of carbonyl (C=O) groups excluding carboxylic acids is 1. The molecule has 1 fully saturated rings. The maximum atomic E-state index is 12.4. The van der Waals surface area contributed by atoms with Gasteiger partial charge in [-0.05, 0) is 50.8 Å². The van der Waals surface area contributed by atoms with Crippen LogP contribution in [0.5, 0.6) is 0 Å². The Kier molecular flexibility index (Phi) is 4.87. The number of sulfonamides is 1. The molecular weight excluding hydrogens is 346 g/mol. The average molecular weight is 367 g/mol. The van der Waals surface area contributed by atoms with E-state index in [9.17, 15) is 13.2 Å². The zero-order valence-corrected chi connectivity index (χ0v) is 15.4. The van der Waals surface area contributed by atoms with Gasteiger partial charge in [0.05, 0.1) is 11.4 Å². The molecule has 24 heavy (non-hydrogen) atoms. The summed E-state index contributed by atoms with van der Waals surface area (Å²) in [6.45, 7) is 4.73. The van der Waals surface area contributed by atoms with Crippen LogP contribution in [0, 0.1) is 6.92 Å². The van der Waals surface area contributed by atoms with Gasteiger partial charge in [0.25, 0.3) is 10.0 Å². The molecule has 2 aliphatic heterocycles. The number of amides is 1. The third-order valence-electron chi connectivity index (χ3n) is 4.31. The van der Waals surface area contributed by atoms with Crippen molar-refractivity contribution in [2.45, 2.75) is 44.0 Å². The third kappa shape index (κ3) is 3.59. The Labute approximate surface area is 146 Å². The second-order valence-corrected chi connectivity index (χ2v) is 8.75. The summed E-state index contributed by atoms with van der Waals surface area (Å²) in [4.78, 5) is 14.4. The summed E-state index contributed by atoms with van der Waals surface area (Å²) in [5, 5.41) is 3.28. The molecule has 2 heterocycles. The molecule has 0 bridgehead atoms. The summed E-state index contributed by atoms with van der Waals surface area (Å²) >= 11 is 1.14. The van der Waals surface area contributed by atoms with Crippen LogP contribution in [0.2, 0.25) is 0 Å². The fourth-order valence-corrected chi connectivity index (χ4v) is 5.11. The summed E-state index contributed by atoms with van der Waals surface area (Å²) in [7, 11) is -3.71. The van der Waals surface area contributed by atoms with Crippen molar-refractivity contribution >= 4 is 38.5 Å². The van der Waals surface area contributed by atoms with E-state index < -0.39 is 10.0 Å². The highest BCUT2D eigenvalue weighted by Gasteiger charge is 2.27. The number of hydrogen-bond acceptors (Lipinski definition) is 5. The highest BCUT2D eigenvalue weighted by atomic mass is 32.2. The summed E-state index contributed by atoms with van der Waals surface area (Å²) in [6, 6.07) is 5.32. The van der Waals surface area contributed by atoms with Gasteiger partial charge in [0, 0.05) is 12.6 Å². The minimum absolute atomic E-state index is 0.0316. The second-order valence-electron chi connectivity index (χ2n) is 6.22. The molecule has 1 atom stereocenters. The van der Waals surface area contributed by atoms with E-state index in [1.54, 1.807) is 18.2 Å². The molecule has 2 aliphatic rings. The first kappa shape index (κ1) is 17.3. The third-order valence-corrected chi connectivity index (χ3v) is 6.62. The normalized spacial score (nSPS) is 22.3. The summed E-state index contributed by atoms with van der Waals surface area (Å²) < 4.78 is 28.3. The number of hydrogen-bond donors (Lipinski definition) is 1. The Hall–Kier alpha value is -1.54. The molecule has 0 radical (unpaired) electrons. The predicted molar refractivity (Wildman–Crippen MR) is 96.9 cm³/mol. The van der Waals surface area contributed by atoms with E-state index in [1.165, 1.54) is 0 Å². The number of amidine groups is 1. The largest absolute Gasteiger partial charge is 0.339 e. The van der Waals surface area contributed by atoms with Gasteiger partial charge in [-0.1, -0.05) is 17.8 Å². The van der Waals surface area contributed by atoms with E-state index in [1.807, 2.05) is 11.8 Å². The number of nitrogens with zero attached hydrogens (tertiary/aromatic N) is 2. The number of fused-ring (bicyclic) bond motifs is 1. The zero-order chi connectivity index (χ0) is 17.3. The molecule has 0 spiro atoms. The van der Waals surface area contributed by atoms with Crippen molar-refractivity contribution in [1.82, 2.24) is 4.90 Å². The molecule has 130 valence electrons. The fourth-order valence-electron chi connectivity index (χ4n) is 3.01. The van der Waals surface area contributed by atoms with Gasteiger partial charge in [0.1, 0.15) is 4.90 Å². The SMILES string of the molecule is Cc1ccc2c(c1)NC(SCC(=O)N1CCCCC1C)=NS2(=O)=O. The predicted octanol–water partition coefficient (Wildman–Crippen LogP) is 2.60. The number of likely N-dealkylation sites (tertiary alicyclic amines) is 1. The molecule has 1 amide bonds. The minimum Gasteiger partial charge on any atom is -0.339 e. The molecule has 1 aromatic rings. The van der Waals surface area contributed by atoms with Gasteiger partial charge in [0.15, 0.2) is 5.17 Å². The van der Waals surface area contributed by atoms with Crippen molar-refractivity contribution in [3.05, 3.63) is 23.8 Å². The van der Waals surface area contributed by atoms with E-state index >= 15 is 0 Å². The summed E-state index contributed by atoms with van der Waals surface area (Å²) in [5.41, 5.74) is 1.48. The Morgan fingerprint density at radius 1 is 1.42 bits per heavy atom. The van der Waals surface area contributed by atoms with Gasteiger partial charge >= 0.3 is 0 Å². The fraction of sp³-hybridized carbons (Fsp3) is 0.500. The van der Waals surface area contributed by atoms with Crippen LogP contribution in [-0.2, 0) is 14.8 Å². The van der Waals surface area contributed by atoms with Crippen LogP contribution >= 0.6 is 11.8 Å². The van der Waals surface area contributed by atoms with Crippen LogP contribution in [0.1, 0.15) is 31.7 Å². The molecule has 0 saturated carbocycles. The standard InChI is InChI=1S/C16H21N3O3S2/c1-11-6-7-14-13(9-11)17-16(18-24(14,21)22)23-10-15(20)19-8-4-3-5-12(19)2/h6-7,9,12H,3-5,8,10H2,1-2H3,(H,17,18). The van der Waals surface area contributed by atoms with Crippen LogP contribution < -0.4 is 5.32 Å². The van der Waals surface area contributed by atoms with Crippen LogP contribution in [0.3, 0.4) is 0 Å². The Balaban J connectivity index is 1.70. The molecule has 1 unspecified atom stereocenters. The van der Waals surface area contributed by atoms with Crippen molar-refractivity contribution in [2.24, 2.45) is 4.40 Å². The van der Waals surface area contributed by atoms with Crippen LogP contribution in [0.15, 0.2) is 27.5 Å². The molecule has 1 N–H and O–H groups in total. The number of aryl methyl sites for hydroxylation is 1. The number of thioether (sulfide) groups is 1. The second kappa shape index (κ2) is 6.76. The first-order valence-corrected chi connectivity index (χ1v) is 10.4. The monoisotopic (exact) mass is 367 g/mol. The van der Waals surface area contributed by atoms with Crippen molar-refractivity contribution < 1.29 is 13.2 Å². The van der Waals surface area contributed by atoms with Gasteiger partial charge in [0.2, 0.25) is 5.91 Å². The molecule has 0 aliphatic carbocycles. The zero-order valence-electron chi connectivity index (χ0n) is 13.8. The van der Waals surface area contributed by atoms with Gasteiger partial charge in [-0.2, -0.15) is 8.42 Å². The molecule has 0 aromatic heterocycles. The number of anilines is 1. The van der Waals surface area contributed by atoms with Crippen LogP contribution in [0.25, 0.3) is 0 Å². The Bertz CT molecular complexity index is 790. The van der Waals surface area contributed by atoms with E-state index in [2.05, 4.69) is 16.6 Å². The molecular formula is C16H21N3O3S2. The van der Waals surface area contributed by atoms with Crippen molar-refractivity contribution in [3.63, 3.8) is 0 Å². The minimum atomic E-state index is -3.71. The molecule has 8 heteroatoms. The van der Waals surface area contributed by atoms with E-state index in [4.69, 9.17) is 0 Å². The lowest BCUT2D eigenvalue weighted by Crippen LogP contribution is -2.43. The van der Waals surface area contributed by atoms with Crippen molar-refractivity contribution in [2.75, 3.05) is 17.6 Å². The smallest absolute Gasteiger partial charge is 0.286 e. The number of nitrogens with one attached hydrogen (secondary N) is 1. The molecule has 3 rings (SSSR count). The van der Waals surface area contributed by atoms with Gasteiger partial charge < -0.3 is 10.2 Å². The maximum absolute atomic E-state index is 12.4. The first-order valence-electron chi connectivity index (χ1n) is 8.02. The topological polar surface area (TPSA) is 78.8 Å². The van der Waals surface area contributed by atoms with Gasteiger partial charge in [-0.25, -0.2) is 0 Å². The number of benzene rings is 1. The van der Waals surface area contributed by atoms with Crippen molar-refractivity contribution in [3.8, 4) is 0 Å². The summed E-state index contributed by atoms with van der Waals surface area (Å²) in [5.74, 6) is 0.219. The molecule has 1 aromatic carbocycles. The lowest BCUT2D eigenvalue weighted by atomic mass is 10.0. The van der Waals surface area contributed by atoms with E-state index in [0.717, 1.165) is 43.1 Å². The lowest BCUT2D eigenvalue weighted by molar-refractivity contribution is -0.131. The molecule has 1 saturated heterocycles. The average Bonchev–Trinajstić information content (AvgIpc) is 2.52. The first-order chi connectivity index (χ1) is 11.4. The highest BCUT2D eigenvalue weighted by Crippen LogP contribution is 2.30. The molecule has 6 nitrogen and oxygen atoms in total. The number of piperidine rings is 1. The van der Waals surface area contributed by atoms with Gasteiger partial charge in [-0.15, -0.1) is 4.40 Å². The quantitative estimate of drug-likeness (QED) is 0.869. The van der Waals surface area contributed by atoms with Crippen LogP contribution in [-0.4, -0.2) is 42.7 Å². The highest BCUT2D eigenvalue weighted by molar-refractivity contribution is 8.15. The van der Waals surface area contributed by atoms with E-state index in [-0.39, 0.29) is 27.8 Å². The Morgan fingerprint density at radius 2 is 2.21 bits per heavy atom. The number of carbonyl (C=O) groups is 1. The number of rotatable bonds is 2. The van der Waals surface area contributed by atoms with Crippen LogP contribution in [0.4, 0.5) is 5.69 Å². The Morgan fingerprint density at radius 3 is 2.96 bits per heavy atom. The summed E-state index contributed by atoms with van der Waals surface area (Å²) in [6.07, 6.45) is 3.21. The van der Waals surface area contributed by atoms with Gasteiger partial charge in [-0.3, -0.25) is 4.79 Å². The maximum Gasteiger partial charge on any atom is 0.286 e. The lowest BCUT2D eigenvalue weighted by Gasteiger charge is -2.33. The van der Waals surface area contributed by atoms with E-state index in [0.29, 0.717) is 5.69 Å².